The molecule has 1 heterocycles. The van der Waals surface area contributed by atoms with Crippen LogP contribution in [0.5, 0.6) is 5.75 Å². The maximum absolute atomic E-state index is 13.3. The Morgan fingerprint density at radius 1 is 1.42 bits per heavy atom. The molecule has 0 aliphatic carbocycles. The van der Waals surface area contributed by atoms with Gasteiger partial charge in [0.2, 0.25) is 0 Å². The van der Waals surface area contributed by atoms with Crippen molar-refractivity contribution >= 4 is 0 Å². The summed E-state index contributed by atoms with van der Waals surface area (Å²) in [4.78, 5) is 7.50. The van der Waals surface area contributed by atoms with Gasteiger partial charge in [0.05, 0.1) is 7.11 Å². The average molecular weight is 263 g/mol. The Balaban J connectivity index is 2.18. The van der Waals surface area contributed by atoms with Gasteiger partial charge >= 0.3 is 0 Å². The third-order valence-electron chi connectivity index (χ3n) is 2.75. The Morgan fingerprint density at radius 3 is 2.89 bits per heavy atom. The van der Waals surface area contributed by atoms with E-state index in [0.717, 1.165) is 17.8 Å². The SMILES string of the molecule is COc1cc(-c2ncc(CNC(C)C)[nH]2)ccc1F. The summed E-state index contributed by atoms with van der Waals surface area (Å²) in [5.41, 5.74) is 1.79. The number of nitrogens with one attached hydrogen (secondary N) is 2. The predicted molar refractivity (Wildman–Crippen MR) is 72.5 cm³/mol. The van der Waals surface area contributed by atoms with Gasteiger partial charge in [0.25, 0.3) is 0 Å². The van der Waals surface area contributed by atoms with Gasteiger partial charge in [0.15, 0.2) is 11.6 Å². The van der Waals surface area contributed by atoms with Crippen LogP contribution in [0.1, 0.15) is 19.5 Å². The first-order chi connectivity index (χ1) is 9.10. The van der Waals surface area contributed by atoms with E-state index in [4.69, 9.17) is 4.74 Å². The molecule has 0 aliphatic heterocycles. The highest BCUT2D eigenvalue weighted by Gasteiger charge is 2.08. The molecule has 4 nitrogen and oxygen atoms in total. The predicted octanol–water partition coefficient (Wildman–Crippen LogP) is 2.72. The van der Waals surface area contributed by atoms with Crippen molar-refractivity contribution in [1.82, 2.24) is 15.3 Å². The van der Waals surface area contributed by atoms with E-state index >= 15 is 0 Å². The van der Waals surface area contributed by atoms with Crippen LogP contribution in [0.3, 0.4) is 0 Å². The smallest absolute Gasteiger partial charge is 0.165 e. The molecular formula is C14H18FN3O. The van der Waals surface area contributed by atoms with E-state index in [1.165, 1.54) is 13.2 Å². The lowest BCUT2D eigenvalue weighted by Crippen LogP contribution is -2.21. The monoisotopic (exact) mass is 263 g/mol. The van der Waals surface area contributed by atoms with Crippen molar-refractivity contribution in [3.8, 4) is 17.1 Å². The first-order valence-corrected chi connectivity index (χ1v) is 6.21. The van der Waals surface area contributed by atoms with Crippen LogP contribution in [-0.4, -0.2) is 23.1 Å². The lowest BCUT2D eigenvalue weighted by atomic mass is 10.2. The third-order valence-corrected chi connectivity index (χ3v) is 2.75. The van der Waals surface area contributed by atoms with Crippen molar-refractivity contribution in [2.24, 2.45) is 0 Å². The summed E-state index contributed by atoms with van der Waals surface area (Å²) in [5, 5.41) is 3.30. The zero-order valence-electron chi connectivity index (χ0n) is 11.3. The number of imidazole rings is 1. The molecule has 0 bridgehead atoms. The van der Waals surface area contributed by atoms with Crippen molar-refractivity contribution < 1.29 is 9.13 Å². The molecule has 2 aromatic rings. The Hall–Kier alpha value is -1.88. The molecule has 0 fully saturated rings. The summed E-state index contributed by atoms with van der Waals surface area (Å²) in [6.45, 7) is 4.90. The first-order valence-electron chi connectivity index (χ1n) is 6.21. The van der Waals surface area contributed by atoms with Crippen LogP contribution in [0.15, 0.2) is 24.4 Å². The van der Waals surface area contributed by atoms with E-state index in [-0.39, 0.29) is 11.6 Å². The minimum atomic E-state index is -0.375. The molecule has 2 rings (SSSR count). The van der Waals surface area contributed by atoms with Gasteiger partial charge < -0.3 is 15.0 Å². The van der Waals surface area contributed by atoms with E-state index in [9.17, 15) is 4.39 Å². The summed E-state index contributed by atoms with van der Waals surface area (Å²) in [7, 11) is 1.45. The van der Waals surface area contributed by atoms with Crippen molar-refractivity contribution in [2.45, 2.75) is 26.4 Å². The van der Waals surface area contributed by atoms with Gasteiger partial charge in [-0.25, -0.2) is 9.37 Å². The first kappa shape index (κ1) is 13.5. The minimum absolute atomic E-state index is 0.218. The van der Waals surface area contributed by atoms with Crippen LogP contribution in [0.2, 0.25) is 0 Å². The molecule has 0 unspecified atom stereocenters. The normalized spacial score (nSPS) is 11.0. The maximum Gasteiger partial charge on any atom is 0.165 e. The summed E-state index contributed by atoms with van der Waals surface area (Å²) < 4.78 is 18.3. The molecule has 0 spiro atoms. The molecule has 0 saturated heterocycles. The molecule has 0 saturated carbocycles. The highest BCUT2D eigenvalue weighted by atomic mass is 19.1. The van der Waals surface area contributed by atoms with Crippen LogP contribution in [0.25, 0.3) is 11.4 Å². The molecule has 0 aliphatic rings. The lowest BCUT2D eigenvalue weighted by molar-refractivity contribution is 0.387. The number of methoxy groups -OCH3 is 1. The number of hydrogen-bond acceptors (Lipinski definition) is 3. The topological polar surface area (TPSA) is 49.9 Å². The summed E-state index contributed by atoms with van der Waals surface area (Å²) >= 11 is 0. The molecule has 5 heteroatoms. The molecule has 0 radical (unpaired) electrons. The fourth-order valence-electron chi connectivity index (χ4n) is 1.72. The molecule has 2 N–H and O–H groups in total. The number of aromatic nitrogens is 2. The quantitative estimate of drug-likeness (QED) is 0.872. The van der Waals surface area contributed by atoms with Crippen LogP contribution in [0.4, 0.5) is 4.39 Å². The zero-order valence-corrected chi connectivity index (χ0v) is 11.3. The van der Waals surface area contributed by atoms with Gasteiger partial charge in [-0.1, -0.05) is 13.8 Å². The van der Waals surface area contributed by atoms with Crippen LogP contribution >= 0.6 is 0 Å². The Labute approximate surface area is 112 Å². The summed E-state index contributed by atoms with van der Waals surface area (Å²) in [5.74, 6) is 0.550. The van der Waals surface area contributed by atoms with Crippen molar-refractivity contribution in [1.29, 1.82) is 0 Å². The number of benzene rings is 1. The van der Waals surface area contributed by atoms with E-state index < -0.39 is 0 Å². The van der Waals surface area contributed by atoms with E-state index in [0.29, 0.717) is 11.9 Å². The third kappa shape index (κ3) is 3.32. The van der Waals surface area contributed by atoms with E-state index in [1.54, 1.807) is 18.3 Å². The Morgan fingerprint density at radius 2 is 2.21 bits per heavy atom. The number of halogens is 1. The van der Waals surface area contributed by atoms with E-state index in [2.05, 4.69) is 29.1 Å². The highest BCUT2D eigenvalue weighted by molar-refractivity contribution is 5.58. The average Bonchev–Trinajstić information content (AvgIpc) is 2.86. The van der Waals surface area contributed by atoms with Crippen molar-refractivity contribution in [3.05, 3.63) is 35.9 Å². The number of rotatable bonds is 5. The second-order valence-electron chi connectivity index (χ2n) is 4.64. The second kappa shape index (κ2) is 5.84. The largest absolute Gasteiger partial charge is 0.494 e. The van der Waals surface area contributed by atoms with Gasteiger partial charge in [-0.15, -0.1) is 0 Å². The van der Waals surface area contributed by atoms with Gasteiger partial charge in [-0.3, -0.25) is 0 Å². The maximum atomic E-state index is 13.3. The summed E-state index contributed by atoms with van der Waals surface area (Å²) in [6.07, 6.45) is 1.78. The van der Waals surface area contributed by atoms with Gasteiger partial charge in [-0.2, -0.15) is 0 Å². The fourth-order valence-corrected chi connectivity index (χ4v) is 1.72. The van der Waals surface area contributed by atoms with Crippen LogP contribution in [0, 0.1) is 5.82 Å². The number of nitrogens with zero attached hydrogens (tertiary/aromatic N) is 1. The minimum Gasteiger partial charge on any atom is -0.494 e. The molecular weight excluding hydrogens is 245 g/mol. The molecule has 1 aromatic heterocycles. The number of hydrogen-bond donors (Lipinski definition) is 2. The standard InChI is InChI=1S/C14H18FN3O/c1-9(2)16-7-11-8-17-14(18-11)10-4-5-12(15)13(6-10)19-3/h4-6,8-9,16H,7H2,1-3H3,(H,17,18). The molecule has 0 amide bonds. The molecule has 0 atom stereocenters. The number of H-pyrrole nitrogens is 1. The van der Waals surface area contributed by atoms with Crippen molar-refractivity contribution in [2.75, 3.05) is 7.11 Å². The van der Waals surface area contributed by atoms with Gasteiger partial charge in [0.1, 0.15) is 5.82 Å². The van der Waals surface area contributed by atoms with Crippen LogP contribution < -0.4 is 10.1 Å². The zero-order chi connectivity index (χ0) is 13.8. The van der Waals surface area contributed by atoms with Crippen LogP contribution in [-0.2, 0) is 6.54 Å². The Bertz CT molecular complexity index is 551. The highest BCUT2D eigenvalue weighted by Crippen LogP contribution is 2.24. The molecule has 102 valence electrons. The lowest BCUT2D eigenvalue weighted by Gasteiger charge is -2.06. The number of ether oxygens (including phenoxy) is 1. The van der Waals surface area contributed by atoms with Crippen molar-refractivity contribution in [3.63, 3.8) is 0 Å². The molecule has 1 aromatic carbocycles. The number of aromatic amines is 1. The molecule has 19 heavy (non-hydrogen) atoms. The second-order valence-corrected chi connectivity index (χ2v) is 4.64. The summed E-state index contributed by atoms with van der Waals surface area (Å²) in [6, 6.07) is 5.10. The van der Waals surface area contributed by atoms with Gasteiger partial charge in [0, 0.05) is 30.0 Å². The Kier molecular flexibility index (Phi) is 4.16. The fraction of sp³-hybridized carbons (Fsp3) is 0.357. The van der Waals surface area contributed by atoms with Gasteiger partial charge in [-0.05, 0) is 18.2 Å². The van der Waals surface area contributed by atoms with E-state index in [1.807, 2.05) is 0 Å².